The molecule has 1 aromatic rings. The van der Waals surface area contributed by atoms with Crippen LogP contribution >= 0.6 is 0 Å². The molecule has 0 spiro atoms. The topological polar surface area (TPSA) is 56.6 Å². The van der Waals surface area contributed by atoms with E-state index >= 15 is 0 Å². The first-order valence-electron chi connectivity index (χ1n) is 5.76. The minimum Gasteiger partial charge on any atom is -0.423 e. The molecule has 0 unspecified atom stereocenters. The van der Waals surface area contributed by atoms with E-state index in [1.54, 1.807) is 12.3 Å². The third-order valence-corrected chi connectivity index (χ3v) is 3.03. The van der Waals surface area contributed by atoms with Crippen molar-refractivity contribution in [2.45, 2.75) is 26.2 Å². The zero-order valence-electron chi connectivity index (χ0n) is 9.56. The van der Waals surface area contributed by atoms with Gasteiger partial charge in [-0.1, -0.05) is 6.07 Å². The number of hydrogen-bond acceptors (Lipinski definition) is 4. The average Bonchev–Trinajstić information content (AvgIpc) is 2.30. The smallest absolute Gasteiger partial charge is 0.423 e. The predicted octanol–water partition coefficient (Wildman–Crippen LogP) is 0.0601. The van der Waals surface area contributed by atoms with Crippen molar-refractivity contribution in [2.24, 2.45) is 0 Å². The second-order valence-corrected chi connectivity index (χ2v) is 4.33. The van der Waals surface area contributed by atoms with Crippen LogP contribution < -0.4 is 10.4 Å². The van der Waals surface area contributed by atoms with Gasteiger partial charge in [0.25, 0.3) is 0 Å². The highest BCUT2D eigenvalue weighted by molar-refractivity contribution is 6.58. The number of aromatic nitrogens is 1. The van der Waals surface area contributed by atoms with Crippen LogP contribution in [0.4, 0.5) is 5.82 Å². The van der Waals surface area contributed by atoms with Crippen molar-refractivity contribution in [3.05, 3.63) is 17.8 Å². The van der Waals surface area contributed by atoms with Gasteiger partial charge in [-0.15, -0.1) is 0 Å². The van der Waals surface area contributed by atoms with Gasteiger partial charge in [0.2, 0.25) is 0 Å². The summed E-state index contributed by atoms with van der Waals surface area (Å²) in [5, 5.41) is 18.1. The van der Waals surface area contributed by atoms with Crippen LogP contribution in [0.1, 0.15) is 24.8 Å². The molecule has 1 aliphatic rings. The minimum atomic E-state index is -1.43. The van der Waals surface area contributed by atoms with E-state index in [0.29, 0.717) is 5.46 Å². The lowest BCUT2D eigenvalue weighted by Gasteiger charge is -2.29. The van der Waals surface area contributed by atoms with E-state index in [1.807, 2.05) is 6.92 Å². The van der Waals surface area contributed by atoms with Gasteiger partial charge in [-0.3, -0.25) is 0 Å². The summed E-state index contributed by atoms with van der Waals surface area (Å²) in [5.74, 6) is 0.976. The van der Waals surface area contributed by atoms with Crippen LogP contribution in [-0.4, -0.2) is 35.2 Å². The molecule has 0 amide bonds. The maximum absolute atomic E-state index is 9.05. The fourth-order valence-electron chi connectivity index (χ4n) is 2.17. The van der Waals surface area contributed by atoms with Crippen molar-refractivity contribution < 1.29 is 10.0 Å². The molecule has 16 heavy (non-hydrogen) atoms. The first-order chi connectivity index (χ1) is 7.68. The van der Waals surface area contributed by atoms with Crippen molar-refractivity contribution in [3.8, 4) is 0 Å². The zero-order chi connectivity index (χ0) is 11.5. The Labute approximate surface area is 96.1 Å². The molecule has 0 aliphatic carbocycles. The van der Waals surface area contributed by atoms with Gasteiger partial charge in [0, 0.05) is 24.7 Å². The summed E-state index contributed by atoms with van der Waals surface area (Å²) in [5.41, 5.74) is 1.46. The summed E-state index contributed by atoms with van der Waals surface area (Å²) in [7, 11) is -1.43. The van der Waals surface area contributed by atoms with Gasteiger partial charge in [0.1, 0.15) is 5.82 Å². The largest absolute Gasteiger partial charge is 0.490 e. The SMILES string of the molecule is Cc1cc(B(O)O)cnc1N1CCCCC1. The number of piperidine rings is 1. The Morgan fingerprint density at radius 2 is 1.94 bits per heavy atom. The van der Waals surface area contributed by atoms with Crippen molar-refractivity contribution >= 4 is 18.4 Å². The van der Waals surface area contributed by atoms with E-state index in [4.69, 9.17) is 10.0 Å². The molecular formula is C11H17BN2O2. The van der Waals surface area contributed by atoms with Gasteiger partial charge in [0.15, 0.2) is 0 Å². The van der Waals surface area contributed by atoms with Crippen molar-refractivity contribution in [3.63, 3.8) is 0 Å². The summed E-state index contributed by atoms with van der Waals surface area (Å²) in [4.78, 5) is 6.60. The molecule has 0 saturated carbocycles. The van der Waals surface area contributed by atoms with Gasteiger partial charge >= 0.3 is 7.12 Å². The van der Waals surface area contributed by atoms with Crippen molar-refractivity contribution in [2.75, 3.05) is 18.0 Å². The maximum atomic E-state index is 9.05. The Kier molecular flexibility index (Phi) is 3.46. The number of rotatable bonds is 2. The molecule has 0 bridgehead atoms. The molecule has 4 nitrogen and oxygen atoms in total. The molecule has 5 heteroatoms. The summed E-state index contributed by atoms with van der Waals surface area (Å²) in [6.45, 7) is 4.06. The molecule has 1 aliphatic heterocycles. The lowest BCUT2D eigenvalue weighted by atomic mass is 9.81. The number of hydrogen-bond donors (Lipinski definition) is 2. The van der Waals surface area contributed by atoms with E-state index in [2.05, 4.69) is 9.88 Å². The Bertz CT molecular complexity index is 365. The van der Waals surface area contributed by atoms with Crippen LogP contribution in [-0.2, 0) is 0 Å². The van der Waals surface area contributed by atoms with E-state index in [-0.39, 0.29) is 0 Å². The van der Waals surface area contributed by atoms with Crippen LogP contribution in [0.5, 0.6) is 0 Å². The molecule has 0 atom stereocenters. The molecule has 0 radical (unpaired) electrons. The predicted molar refractivity (Wildman–Crippen MR) is 64.9 cm³/mol. The highest BCUT2D eigenvalue weighted by Crippen LogP contribution is 2.19. The highest BCUT2D eigenvalue weighted by Gasteiger charge is 2.17. The van der Waals surface area contributed by atoms with Gasteiger partial charge in [-0.2, -0.15) is 0 Å². The molecule has 2 rings (SSSR count). The van der Waals surface area contributed by atoms with Gasteiger partial charge in [-0.05, 0) is 31.7 Å². The van der Waals surface area contributed by atoms with E-state index < -0.39 is 7.12 Å². The van der Waals surface area contributed by atoms with Crippen LogP contribution in [0.25, 0.3) is 0 Å². The number of nitrogens with zero attached hydrogens (tertiary/aromatic N) is 2. The van der Waals surface area contributed by atoms with Gasteiger partial charge < -0.3 is 14.9 Å². The monoisotopic (exact) mass is 220 g/mol. The van der Waals surface area contributed by atoms with Crippen molar-refractivity contribution in [1.29, 1.82) is 0 Å². The normalized spacial score (nSPS) is 16.3. The number of aryl methyl sites for hydroxylation is 1. The Morgan fingerprint density at radius 1 is 1.25 bits per heavy atom. The van der Waals surface area contributed by atoms with E-state index in [9.17, 15) is 0 Å². The lowest BCUT2D eigenvalue weighted by Crippen LogP contribution is -2.34. The molecule has 1 saturated heterocycles. The fraction of sp³-hybridized carbons (Fsp3) is 0.545. The summed E-state index contributed by atoms with van der Waals surface area (Å²) in [6, 6.07) is 1.79. The Morgan fingerprint density at radius 3 is 2.50 bits per heavy atom. The minimum absolute atomic E-state index is 0.457. The van der Waals surface area contributed by atoms with Crippen LogP contribution in [0.15, 0.2) is 12.3 Å². The molecular weight excluding hydrogens is 203 g/mol. The van der Waals surface area contributed by atoms with Crippen LogP contribution in [0.2, 0.25) is 0 Å². The van der Waals surface area contributed by atoms with Gasteiger partial charge in [0.05, 0.1) is 0 Å². The zero-order valence-corrected chi connectivity index (χ0v) is 9.56. The first kappa shape index (κ1) is 11.4. The molecule has 2 heterocycles. The van der Waals surface area contributed by atoms with Gasteiger partial charge in [-0.25, -0.2) is 4.98 Å². The molecule has 86 valence electrons. The van der Waals surface area contributed by atoms with E-state index in [0.717, 1.165) is 24.5 Å². The Balaban J connectivity index is 2.21. The molecule has 2 N–H and O–H groups in total. The third-order valence-electron chi connectivity index (χ3n) is 3.03. The lowest BCUT2D eigenvalue weighted by molar-refractivity contribution is 0.425. The second-order valence-electron chi connectivity index (χ2n) is 4.33. The van der Waals surface area contributed by atoms with Crippen molar-refractivity contribution in [1.82, 2.24) is 4.98 Å². The standard InChI is InChI=1S/C11H17BN2O2/c1-9-7-10(12(15)16)8-13-11(9)14-5-3-2-4-6-14/h7-8,15-16H,2-6H2,1H3. The molecule has 1 fully saturated rings. The maximum Gasteiger partial charge on any atom is 0.490 e. The fourth-order valence-corrected chi connectivity index (χ4v) is 2.17. The average molecular weight is 220 g/mol. The summed E-state index contributed by atoms with van der Waals surface area (Å²) < 4.78 is 0. The van der Waals surface area contributed by atoms with Crippen LogP contribution in [0.3, 0.4) is 0 Å². The first-order valence-corrected chi connectivity index (χ1v) is 5.76. The number of anilines is 1. The van der Waals surface area contributed by atoms with Crippen LogP contribution in [0, 0.1) is 6.92 Å². The number of pyridine rings is 1. The Hall–Kier alpha value is -1.07. The highest BCUT2D eigenvalue weighted by atomic mass is 16.4. The quantitative estimate of drug-likeness (QED) is 0.692. The summed E-state index contributed by atoms with van der Waals surface area (Å²) >= 11 is 0. The molecule has 0 aromatic carbocycles. The van der Waals surface area contributed by atoms with E-state index in [1.165, 1.54) is 19.3 Å². The third kappa shape index (κ3) is 2.36. The molecule has 1 aromatic heterocycles. The second kappa shape index (κ2) is 4.85. The summed E-state index contributed by atoms with van der Waals surface area (Å²) in [6.07, 6.45) is 5.27.